The molecule has 0 amide bonds. The lowest BCUT2D eigenvalue weighted by atomic mass is 10.2. The Bertz CT molecular complexity index is 2640. The van der Waals surface area contributed by atoms with Crippen molar-refractivity contribution in [3.8, 4) is 34.3 Å². The molecule has 286 valence electrons. The molecule has 0 radical (unpaired) electrons. The van der Waals surface area contributed by atoms with Gasteiger partial charge >= 0.3 is 0 Å². The molecule has 2 aliphatic rings. The highest BCUT2D eigenvalue weighted by Crippen LogP contribution is 2.31. The number of anilines is 2. The van der Waals surface area contributed by atoms with Crippen molar-refractivity contribution in [1.82, 2.24) is 49.0 Å². The number of pyridine rings is 4. The number of halogens is 2. The summed E-state index contributed by atoms with van der Waals surface area (Å²) in [6.45, 7) is 8.04. The van der Waals surface area contributed by atoms with Gasteiger partial charge in [-0.25, -0.2) is 34.3 Å². The van der Waals surface area contributed by atoms with Crippen molar-refractivity contribution >= 4 is 45.4 Å². The van der Waals surface area contributed by atoms with Gasteiger partial charge in [0, 0.05) is 73.9 Å². The topological polar surface area (TPSA) is 138 Å². The van der Waals surface area contributed by atoms with Crippen molar-refractivity contribution in [2.24, 2.45) is 0 Å². The van der Waals surface area contributed by atoms with Gasteiger partial charge in [0.1, 0.15) is 29.1 Å². The van der Waals surface area contributed by atoms with Crippen LogP contribution in [0.4, 0.5) is 16.2 Å². The molecule has 14 nitrogen and oxygen atoms in total. The number of hydrogen-bond acceptors (Lipinski definition) is 12. The summed E-state index contributed by atoms with van der Waals surface area (Å²) in [5.41, 5.74) is 6.25. The second-order valence-corrected chi connectivity index (χ2v) is 13.9. The molecule has 2 aliphatic heterocycles. The highest BCUT2D eigenvalue weighted by Gasteiger charge is 2.20. The van der Waals surface area contributed by atoms with E-state index in [0.717, 1.165) is 76.9 Å². The van der Waals surface area contributed by atoms with Crippen LogP contribution in [0.3, 0.4) is 0 Å². The monoisotopic (exact) mass is 782 g/mol. The Morgan fingerprint density at radius 2 is 1.19 bits per heavy atom. The van der Waals surface area contributed by atoms with E-state index in [4.69, 9.17) is 31.0 Å². The first-order chi connectivity index (χ1) is 28.0. The first-order valence-electron chi connectivity index (χ1n) is 18.5. The zero-order chi connectivity index (χ0) is 38.7. The predicted molar refractivity (Wildman–Crippen MR) is 216 cm³/mol. The molecule has 1 aromatic carbocycles. The number of nitrogens with zero attached hydrogens (tertiary/aromatic N) is 12. The fraction of sp³-hybridized carbons (Fsp3) is 0.220. The summed E-state index contributed by atoms with van der Waals surface area (Å²) in [6, 6.07) is 16.2. The third kappa shape index (κ3) is 7.47. The number of morpholine rings is 2. The van der Waals surface area contributed by atoms with Crippen LogP contribution in [-0.4, -0.2) is 102 Å². The zero-order valence-electron chi connectivity index (χ0n) is 30.9. The van der Waals surface area contributed by atoms with E-state index in [1.165, 1.54) is 6.07 Å². The number of aromatic nitrogens is 10. The lowest BCUT2D eigenvalue weighted by molar-refractivity contribution is 0.122. The zero-order valence-corrected chi connectivity index (χ0v) is 31.7. The van der Waals surface area contributed by atoms with E-state index in [2.05, 4.69) is 39.7 Å². The third-order valence-electron chi connectivity index (χ3n) is 9.72. The molecule has 2 fully saturated rings. The summed E-state index contributed by atoms with van der Waals surface area (Å²) >= 11 is 5.94. The maximum atomic E-state index is 14.8. The van der Waals surface area contributed by atoms with E-state index < -0.39 is 5.82 Å². The fourth-order valence-corrected chi connectivity index (χ4v) is 6.99. The fourth-order valence-electron chi connectivity index (χ4n) is 6.83. The third-order valence-corrected chi connectivity index (χ3v) is 9.96. The maximum Gasteiger partial charge on any atom is 0.225 e. The molecule has 0 N–H and O–H groups in total. The standard InChI is InChI=1S/C21H17ClFN5O.C20H19N7O/c22-15-2-3-18(16(23)11-15)28-19-13-24-6-5-17(19)26-21(28)14-1-4-20(25-12-14)27-7-9-29-10-8-27;1-14-2-3-18(22-10-14)27-17-13-21-5-4-16(17)25-19(27)15-11-23-20(24-12-15)26-6-8-28-9-7-26/h1-6,11-13H,7-10H2;2-5,10-13H,6-9H2,1H3. The van der Waals surface area contributed by atoms with Crippen molar-refractivity contribution in [3.05, 3.63) is 121 Å². The van der Waals surface area contributed by atoms with E-state index in [9.17, 15) is 4.39 Å². The first kappa shape index (κ1) is 36.2. The Kier molecular flexibility index (Phi) is 10.2. The molecule has 0 unspecified atom stereocenters. The maximum absolute atomic E-state index is 14.8. The van der Waals surface area contributed by atoms with Gasteiger partial charge in [0.25, 0.3) is 0 Å². The van der Waals surface area contributed by atoms with Gasteiger partial charge in [-0.1, -0.05) is 17.7 Å². The van der Waals surface area contributed by atoms with Crippen LogP contribution in [0, 0.1) is 12.7 Å². The van der Waals surface area contributed by atoms with Gasteiger partial charge in [0.05, 0.1) is 72.1 Å². The van der Waals surface area contributed by atoms with Crippen LogP contribution in [0.15, 0.2) is 104 Å². The molecule has 0 aliphatic carbocycles. The summed E-state index contributed by atoms with van der Waals surface area (Å²) in [6.07, 6.45) is 14.1. The lowest BCUT2D eigenvalue weighted by Crippen LogP contribution is -2.37. The van der Waals surface area contributed by atoms with Gasteiger partial charge in [0.15, 0.2) is 0 Å². The van der Waals surface area contributed by atoms with Gasteiger partial charge in [-0.2, -0.15) is 0 Å². The van der Waals surface area contributed by atoms with Crippen LogP contribution in [0.5, 0.6) is 0 Å². The van der Waals surface area contributed by atoms with E-state index in [-0.39, 0.29) is 0 Å². The van der Waals surface area contributed by atoms with Crippen molar-refractivity contribution in [3.63, 3.8) is 0 Å². The average Bonchev–Trinajstić information content (AvgIpc) is 3.85. The predicted octanol–water partition coefficient (Wildman–Crippen LogP) is 6.53. The number of rotatable bonds is 6. The normalized spacial score (nSPS) is 14.5. The van der Waals surface area contributed by atoms with Crippen LogP contribution in [0.2, 0.25) is 5.02 Å². The quantitative estimate of drug-likeness (QED) is 0.181. The van der Waals surface area contributed by atoms with Crippen LogP contribution < -0.4 is 9.80 Å². The number of fused-ring (bicyclic) bond motifs is 2. The largest absolute Gasteiger partial charge is 0.378 e. The molecule has 57 heavy (non-hydrogen) atoms. The highest BCUT2D eigenvalue weighted by molar-refractivity contribution is 6.30. The molecule has 0 spiro atoms. The smallest absolute Gasteiger partial charge is 0.225 e. The number of aryl methyl sites for hydroxylation is 1. The van der Waals surface area contributed by atoms with Gasteiger partial charge < -0.3 is 19.3 Å². The molecular formula is C41H36ClFN12O2. The van der Waals surface area contributed by atoms with Crippen LogP contribution in [0.1, 0.15) is 5.56 Å². The Morgan fingerprint density at radius 3 is 1.81 bits per heavy atom. The highest BCUT2D eigenvalue weighted by atomic mass is 35.5. The Hall–Kier alpha value is -6.42. The minimum atomic E-state index is -0.431. The summed E-state index contributed by atoms with van der Waals surface area (Å²) in [5.74, 6) is 3.29. The van der Waals surface area contributed by atoms with Crippen molar-refractivity contribution in [2.75, 3.05) is 62.4 Å². The molecule has 16 heteroatoms. The average molecular weight is 783 g/mol. The molecule has 8 aromatic rings. The minimum Gasteiger partial charge on any atom is -0.378 e. The van der Waals surface area contributed by atoms with E-state index in [0.29, 0.717) is 54.4 Å². The van der Waals surface area contributed by atoms with Crippen LogP contribution in [0.25, 0.3) is 56.3 Å². The molecule has 0 atom stereocenters. The molecule has 0 bridgehead atoms. The number of ether oxygens (including phenoxy) is 2. The lowest BCUT2D eigenvalue weighted by Gasteiger charge is -2.27. The molecule has 2 saturated heterocycles. The molecular weight excluding hydrogens is 747 g/mol. The first-order valence-corrected chi connectivity index (χ1v) is 18.9. The van der Waals surface area contributed by atoms with Crippen molar-refractivity contribution in [2.45, 2.75) is 6.92 Å². The van der Waals surface area contributed by atoms with Gasteiger partial charge in [0.2, 0.25) is 5.95 Å². The van der Waals surface area contributed by atoms with Crippen LogP contribution in [-0.2, 0) is 9.47 Å². The van der Waals surface area contributed by atoms with E-state index in [1.54, 1.807) is 53.8 Å². The second kappa shape index (κ2) is 16.0. The van der Waals surface area contributed by atoms with Crippen molar-refractivity contribution in [1.29, 1.82) is 0 Å². The SMILES string of the molecule is Cc1ccc(-n2c(-c3cnc(N4CCOCC4)nc3)nc3ccncc32)nc1.Fc1cc(Cl)ccc1-n1c(-c2ccc(N3CCOCC3)nc2)nc2ccncc21. The number of hydrogen-bond donors (Lipinski definition) is 0. The van der Waals surface area contributed by atoms with E-state index in [1.807, 2.05) is 60.4 Å². The Labute approximate surface area is 331 Å². The van der Waals surface area contributed by atoms with Crippen molar-refractivity contribution < 1.29 is 13.9 Å². The molecule has 0 saturated carbocycles. The molecule has 7 aromatic heterocycles. The summed E-state index contributed by atoms with van der Waals surface area (Å²) in [7, 11) is 0. The molecule has 10 rings (SSSR count). The van der Waals surface area contributed by atoms with Gasteiger partial charge in [-0.05, 0) is 61.0 Å². The number of benzene rings is 1. The van der Waals surface area contributed by atoms with Gasteiger partial charge in [-0.3, -0.25) is 19.1 Å². The Balaban J connectivity index is 0.000000148. The number of imidazole rings is 2. The van der Waals surface area contributed by atoms with Gasteiger partial charge in [-0.15, -0.1) is 0 Å². The van der Waals surface area contributed by atoms with E-state index >= 15 is 0 Å². The Morgan fingerprint density at radius 1 is 0.596 bits per heavy atom. The second-order valence-electron chi connectivity index (χ2n) is 13.4. The summed E-state index contributed by atoms with van der Waals surface area (Å²) < 4.78 is 29.3. The summed E-state index contributed by atoms with van der Waals surface area (Å²) in [5, 5.41) is 0.340. The minimum absolute atomic E-state index is 0.340. The molecule has 9 heterocycles. The van der Waals surface area contributed by atoms with Crippen LogP contribution >= 0.6 is 11.6 Å². The summed E-state index contributed by atoms with van der Waals surface area (Å²) in [4.78, 5) is 40.6.